The maximum Gasteiger partial charge on any atom is 0.0991 e. The third-order valence-electron chi connectivity index (χ3n) is 3.80. The lowest BCUT2D eigenvalue weighted by atomic mass is 9.97. The van der Waals surface area contributed by atoms with Crippen molar-refractivity contribution >= 4 is 0 Å². The summed E-state index contributed by atoms with van der Waals surface area (Å²) in [6, 6.07) is 9.68. The minimum Gasteiger partial charge on any atom is -0.376 e. The van der Waals surface area contributed by atoms with E-state index in [9.17, 15) is 0 Å². The molecule has 2 atom stereocenters. The van der Waals surface area contributed by atoms with Crippen molar-refractivity contribution in [1.29, 1.82) is 5.26 Å². The topological polar surface area (TPSA) is 59.0 Å². The van der Waals surface area contributed by atoms with Crippen molar-refractivity contribution in [2.75, 3.05) is 13.2 Å². The van der Waals surface area contributed by atoms with Gasteiger partial charge in [-0.05, 0) is 48.9 Å². The minimum atomic E-state index is 0.625. The maximum absolute atomic E-state index is 8.71. The van der Waals surface area contributed by atoms with E-state index in [2.05, 4.69) is 6.07 Å². The quantitative estimate of drug-likeness (QED) is 0.865. The standard InChI is InChI=1S/C15H20N2O/c16-8-12-4-6-13(7-5-12)10-18-11-15-3-1-2-14(15)9-17/h4-7,14-15H,1-3,9-11,17H2. The van der Waals surface area contributed by atoms with Crippen LogP contribution in [0.3, 0.4) is 0 Å². The number of hydrogen-bond acceptors (Lipinski definition) is 3. The second-order valence-corrected chi connectivity index (χ2v) is 5.01. The molecule has 2 N–H and O–H groups in total. The molecule has 0 aromatic heterocycles. The molecule has 2 unspecified atom stereocenters. The summed E-state index contributed by atoms with van der Waals surface area (Å²) in [5, 5.41) is 8.71. The van der Waals surface area contributed by atoms with Crippen LogP contribution in [0.4, 0.5) is 0 Å². The zero-order valence-corrected chi connectivity index (χ0v) is 10.6. The fraction of sp³-hybridized carbons (Fsp3) is 0.533. The highest BCUT2D eigenvalue weighted by molar-refractivity contribution is 5.31. The van der Waals surface area contributed by atoms with Crippen LogP contribution < -0.4 is 5.73 Å². The zero-order valence-electron chi connectivity index (χ0n) is 10.6. The van der Waals surface area contributed by atoms with Gasteiger partial charge in [0.15, 0.2) is 0 Å². The molecule has 1 aromatic carbocycles. The summed E-state index contributed by atoms with van der Waals surface area (Å²) < 4.78 is 5.77. The van der Waals surface area contributed by atoms with Crippen molar-refractivity contribution in [3.05, 3.63) is 35.4 Å². The Hall–Kier alpha value is -1.37. The highest BCUT2D eigenvalue weighted by atomic mass is 16.5. The van der Waals surface area contributed by atoms with E-state index in [0.717, 1.165) is 18.7 Å². The Morgan fingerprint density at radius 2 is 1.94 bits per heavy atom. The Morgan fingerprint density at radius 1 is 1.22 bits per heavy atom. The lowest BCUT2D eigenvalue weighted by Crippen LogP contribution is -2.22. The van der Waals surface area contributed by atoms with E-state index in [-0.39, 0.29) is 0 Å². The van der Waals surface area contributed by atoms with Crippen molar-refractivity contribution in [3.63, 3.8) is 0 Å². The van der Waals surface area contributed by atoms with Crippen LogP contribution in [0.15, 0.2) is 24.3 Å². The Labute approximate surface area is 109 Å². The first-order chi connectivity index (χ1) is 8.83. The molecule has 18 heavy (non-hydrogen) atoms. The van der Waals surface area contributed by atoms with Gasteiger partial charge in [-0.25, -0.2) is 0 Å². The van der Waals surface area contributed by atoms with Gasteiger partial charge in [-0.2, -0.15) is 5.26 Å². The summed E-state index contributed by atoms with van der Waals surface area (Å²) in [5.74, 6) is 1.28. The molecule has 2 rings (SSSR count). The molecule has 0 saturated heterocycles. The van der Waals surface area contributed by atoms with Crippen LogP contribution >= 0.6 is 0 Å². The van der Waals surface area contributed by atoms with Crippen molar-refractivity contribution in [1.82, 2.24) is 0 Å². The molecule has 3 heteroatoms. The Balaban J connectivity index is 1.76. The van der Waals surface area contributed by atoms with Crippen LogP contribution in [0.2, 0.25) is 0 Å². The number of nitrogens with two attached hydrogens (primary N) is 1. The molecule has 0 radical (unpaired) electrons. The van der Waals surface area contributed by atoms with Gasteiger partial charge in [-0.15, -0.1) is 0 Å². The van der Waals surface area contributed by atoms with Gasteiger partial charge in [-0.3, -0.25) is 0 Å². The number of rotatable bonds is 5. The van der Waals surface area contributed by atoms with Gasteiger partial charge in [0.2, 0.25) is 0 Å². The average Bonchev–Trinajstić information content (AvgIpc) is 2.87. The number of nitriles is 1. The highest BCUT2D eigenvalue weighted by Gasteiger charge is 2.25. The lowest BCUT2D eigenvalue weighted by Gasteiger charge is -2.17. The van der Waals surface area contributed by atoms with Crippen LogP contribution in [-0.2, 0) is 11.3 Å². The van der Waals surface area contributed by atoms with Crippen LogP contribution in [-0.4, -0.2) is 13.2 Å². The predicted octanol–water partition coefficient (Wildman–Crippen LogP) is 2.45. The monoisotopic (exact) mass is 244 g/mol. The lowest BCUT2D eigenvalue weighted by molar-refractivity contribution is 0.0753. The SMILES string of the molecule is N#Cc1ccc(COCC2CCCC2CN)cc1. The predicted molar refractivity (Wildman–Crippen MR) is 70.7 cm³/mol. The number of hydrogen-bond donors (Lipinski definition) is 1. The molecule has 1 aliphatic carbocycles. The van der Waals surface area contributed by atoms with Crippen LogP contribution in [0, 0.1) is 23.2 Å². The molecule has 0 heterocycles. The second-order valence-electron chi connectivity index (χ2n) is 5.01. The van der Waals surface area contributed by atoms with Gasteiger partial charge in [0.05, 0.1) is 24.8 Å². The normalized spacial score (nSPS) is 22.9. The third kappa shape index (κ3) is 3.32. The Morgan fingerprint density at radius 3 is 2.61 bits per heavy atom. The molecular formula is C15H20N2O. The number of benzene rings is 1. The molecule has 0 amide bonds. The largest absolute Gasteiger partial charge is 0.376 e. The van der Waals surface area contributed by atoms with Crippen molar-refractivity contribution in [2.24, 2.45) is 17.6 Å². The molecule has 0 bridgehead atoms. The molecular weight excluding hydrogens is 224 g/mol. The van der Waals surface area contributed by atoms with E-state index < -0.39 is 0 Å². The maximum atomic E-state index is 8.71. The first-order valence-corrected chi connectivity index (χ1v) is 6.60. The van der Waals surface area contributed by atoms with E-state index in [1.165, 1.54) is 19.3 Å². The summed E-state index contributed by atoms with van der Waals surface area (Å²) >= 11 is 0. The summed E-state index contributed by atoms with van der Waals surface area (Å²) in [5.41, 5.74) is 7.57. The molecule has 96 valence electrons. The third-order valence-corrected chi connectivity index (χ3v) is 3.80. The zero-order chi connectivity index (χ0) is 12.8. The first kappa shape index (κ1) is 13.1. The molecule has 0 spiro atoms. The second kappa shape index (κ2) is 6.53. The molecule has 3 nitrogen and oxygen atoms in total. The van der Waals surface area contributed by atoms with E-state index in [4.69, 9.17) is 15.7 Å². The van der Waals surface area contributed by atoms with E-state index >= 15 is 0 Å². The van der Waals surface area contributed by atoms with E-state index in [1.54, 1.807) is 0 Å². The molecule has 0 aliphatic heterocycles. The van der Waals surface area contributed by atoms with E-state index in [1.807, 2.05) is 24.3 Å². The van der Waals surface area contributed by atoms with Gasteiger partial charge in [-0.1, -0.05) is 18.6 Å². The number of nitrogens with zero attached hydrogens (tertiary/aromatic N) is 1. The average molecular weight is 244 g/mol. The van der Waals surface area contributed by atoms with Crippen LogP contribution in [0.5, 0.6) is 0 Å². The molecule has 1 saturated carbocycles. The van der Waals surface area contributed by atoms with Gasteiger partial charge in [0, 0.05) is 0 Å². The fourth-order valence-electron chi connectivity index (χ4n) is 2.65. The van der Waals surface area contributed by atoms with Gasteiger partial charge in [0.25, 0.3) is 0 Å². The van der Waals surface area contributed by atoms with Gasteiger partial charge in [0.1, 0.15) is 0 Å². The van der Waals surface area contributed by atoms with Crippen molar-refractivity contribution in [3.8, 4) is 6.07 Å². The first-order valence-electron chi connectivity index (χ1n) is 6.60. The summed E-state index contributed by atoms with van der Waals surface area (Å²) in [7, 11) is 0. The van der Waals surface area contributed by atoms with Gasteiger partial charge >= 0.3 is 0 Å². The molecule has 1 aromatic rings. The van der Waals surface area contributed by atoms with Crippen LogP contribution in [0.25, 0.3) is 0 Å². The van der Waals surface area contributed by atoms with Crippen molar-refractivity contribution < 1.29 is 4.74 Å². The molecule has 1 fully saturated rings. The van der Waals surface area contributed by atoms with Gasteiger partial charge < -0.3 is 10.5 Å². The Kier molecular flexibility index (Phi) is 4.74. The van der Waals surface area contributed by atoms with Crippen molar-refractivity contribution in [2.45, 2.75) is 25.9 Å². The summed E-state index contributed by atoms with van der Waals surface area (Å²) in [4.78, 5) is 0. The van der Waals surface area contributed by atoms with Crippen LogP contribution in [0.1, 0.15) is 30.4 Å². The summed E-state index contributed by atoms with van der Waals surface area (Å²) in [6.07, 6.45) is 3.78. The molecule has 1 aliphatic rings. The Bertz CT molecular complexity index is 407. The fourth-order valence-corrected chi connectivity index (χ4v) is 2.65. The highest BCUT2D eigenvalue weighted by Crippen LogP contribution is 2.31. The smallest absolute Gasteiger partial charge is 0.0991 e. The minimum absolute atomic E-state index is 0.625. The van der Waals surface area contributed by atoms with E-state index in [0.29, 0.717) is 24.0 Å². The summed E-state index contributed by atoms with van der Waals surface area (Å²) in [6.45, 7) is 2.21. The number of ether oxygens (including phenoxy) is 1.